The standard InChI is InChI=1S/C15H23NO3S/c17-14(16-9-20-8-13(16)15(18)19)12-6-5-10-3-1-2-4-11(10)7-12/h10-13H,1-9H2,(H,18,19)/t10?,11?,12?,13-/m0/s1. The summed E-state index contributed by atoms with van der Waals surface area (Å²) in [4.78, 5) is 25.5. The molecular weight excluding hydrogens is 274 g/mol. The van der Waals surface area contributed by atoms with Crippen molar-refractivity contribution in [1.82, 2.24) is 4.90 Å². The van der Waals surface area contributed by atoms with E-state index in [1.165, 1.54) is 32.1 Å². The molecule has 2 aliphatic carbocycles. The second-order valence-corrected chi connectivity index (χ2v) is 7.48. The van der Waals surface area contributed by atoms with E-state index < -0.39 is 12.0 Å². The first-order valence-corrected chi connectivity index (χ1v) is 8.93. The van der Waals surface area contributed by atoms with Crippen LogP contribution in [-0.4, -0.2) is 39.6 Å². The van der Waals surface area contributed by atoms with E-state index in [2.05, 4.69) is 0 Å². The Morgan fingerprint density at radius 2 is 1.80 bits per heavy atom. The van der Waals surface area contributed by atoms with Gasteiger partial charge in [-0.1, -0.05) is 25.7 Å². The van der Waals surface area contributed by atoms with Crippen molar-refractivity contribution in [3.63, 3.8) is 0 Å². The number of carboxylic acids is 1. The van der Waals surface area contributed by atoms with E-state index in [0.717, 1.165) is 18.8 Å². The maximum Gasteiger partial charge on any atom is 0.327 e. The van der Waals surface area contributed by atoms with E-state index in [0.29, 0.717) is 17.5 Å². The highest BCUT2D eigenvalue weighted by molar-refractivity contribution is 7.99. The molecule has 1 heterocycles. The van der Waals surface area contributed by atoms with Crippen molar-refractivity contribution < 1.29 is 14.7 Å². The summed E-state index contributed by atoms with van der Waals surface area (Å²) in [5.74, 6) is 1.97. The number of hydrogen-bond donors (Lipinski definition) is 1. The van der Waals surface area contributed by atoms with Gasteiger partial charge in [0.25, 0.3) is 0 Å². The van der Waals surface area contributed by atoms with Gasteiger partial charge in [0.05, 0.1) is 5.88 Å². The Morgan fingerprint density at radius 3 is 2.55 bits per heavy atom. The number of fused-ring (bicyclic) bond motifs is 1. The van der Waals surface area contributed by atoms with Crippen LogP contribution in [0, 0.1) is 17.8 Å². The molecule has 3 fully saturated rings. The highest BCUT2D eigenvalue weighted by atomic mass is 32.2. The molecule has 3 unspecified atom stereocenters. The molecule has 1 N–H and O–H groups in total. The van der Waals surface area contributed by atoms with Gasteiger partial charge < -0.3 is 10.0 Å². The van der Waals surface area contributed by atoms with Gasteiger partial charge in [-0.15, -0.1) is 11.8 Å². The van der Waals surface area contributed by atoms with Gasteiger partial charge in [-0.3, -0.25) is 4.79 Å². The van der Waals surface area contributed by atoms with Crippen molar-refractivity contribution in [2.75, 3.05) is 11.6 Å². The summed E-state index contributed by atoms with van der Waals surface area (Å²) in [5.41, 5.74) is 0. The lowest BCUT2D eigenvalue weighted by Crippen LogP contribution is -2.46. The molecule has 0 spiro atoms. The molecule has 4 atom stereocenters. The van der Waals surface area contributed by atoms with Gasteiger partial charge in [0.2, 0.25) is 5.91 Å². The Balaban J connectivity index is 1.64. The van der Waals surface area contributed by atoms with Crippen LogP contribution in [0.3, 0.4) is 0 Å². The van der Waals surface area contributed by atoms with Gasteiger partial charge in [-0.05, 0) is 31.1 Å². The molecule has 0 bridgehead atoms. The molecule has 1 amide bonds. The molecule has 20 heavy (non-hydrogen) atoms. The Bertz CT molecular complexity index is 401. The predicted molar refractivity (Wildman–Crippen MR) is 78.4 cm³/mol. The van der Waals surface area contributed by atoms with Crippen LogP contribution in [0.4, 0.5) is 0 Å². The molecule has 4 nitrogen and oxygen atoms in total. The summed E-state index contributed by atoms with van der Waals surface area (Å²) in [6, 6.07) is -0.600. The molecule has 0 radical (unpaired) electrons. The van der Waals surface area contributed by atoms with Crippen molar-refractivity contribution in [1.29, 1.82) is 0 Å². The van der Waals surface area contributed by atoms with Crippen LogP contribution in [0.25, 0.3) is 0 Å². The van der Waals surface area contributed by atoms with Gasteiger partial charge >= 0.3 is 5.97 Å². The first-order chi connectivity index (χ1) is 9.66. The minimum absolute atomic E-state index is 0.0786. The smallest absolute Gasteiger partial charge is 0.327 e. The number of amides is 1. The van der Waals surface area contributed by atoms with Gasteiger partial charge in [0, 0.05) is 11.7 Å². The maximum atomic E-state index is 12.6. The summed E-state index contributed by atoms with van der Waals surface area (Å²) >= 11 is 1.56. The van der Waals surface area contributed by atoms with Gasteiger partial charge in [-0.2, -0.15) is 0 Å². The fourth-order valence-electron chi connectivity index (χ4n) is 4.20. The van der Waals surface area contributed by atoms with Gasteiger partial charge in [0.1, 0.15) is 6.04 Å². The van der Waals surface area contributed by atoms with Crippen molar-refractivity contribution in [3.05, 3.63) is 0 Å². The second kappa shape index (κ2) is 5.96. The van der Waals surface area contributed by atoms with E-state index >= 15 is 0 Å². The summed E-state index contributed by atoms with van der Waals surface area (Å²) in [7, 11) is 0. The number of nitrogens with zero attached hydrogens (tertiary/aromatic N) is 1. The van der Waals surface area contributed by atoms with Gasteiger partial charge in [-0.25, -0.2) is 4.79 Å². The Labute approximate surface area is 124 Å². The highest BCUT2D eigenvalue weighted by Gasteiger charge is 2.41. The van der Waals surface area contributed by atoms with Crippen LogP contribution in [-0.2, 0) is 9.59 Å². The molecule has 0 aromatic carbocycles. The van der Waals surface area contributed by atoms with E-state index in [4.69, 9.17) is 0 Å². The number of carboxylic acid groups (broad SMARTS) is 1. The minimum atomic E-state index is -0.852. The van der Waals surface area contributed by atoms with E-state index in [1.54, 1.807) is 16.7 Å². The van der Waals surface area contributed by atoms with E-state index in [9.17, 15) is 14.7 Å². The molecular formula is C15H23NO3S. The first kappa shape index (κ1) is 14.2. The molecule has 0 aromatic rings. The lowest BCUT2D eigenvalue weighted by atomic mass is 9.67. The zero-order valence-corrected chi connectivity index (χ0v) is 12.6. The third-order valence-corrected chi connectivity index (χ3v) is 6.35. The Kier molecular flexibility index (Phi) is 4.24. The van der Waals surface area contributed by atoms with Crippen molar-refractivity contribution in [2.45, 2.75) is 51.0 Å². The number of hydrogen-bond acceptors (Lipinski definition) is 3. The topological polar surface area (TPSA) is 57.6 Å². The highest BCUT2D eigenvalue weighted by Crippen LogP contribution is 2.43. The number of aliphatic carboxylic acids is 1. The molecule has 3 aliphatic rings. The number of thioether (sulfide) groups is 1. The lowest BCUT2D eigenvalue weighted by molar-refractivity contribution is -0.150. The normalized spacial score (nSPS) is 37.5. The third kappa shape index (κ3) is 2.69. The predicted octanol–water partition coefficient (Wildman–Crippen LogP) is 2.58. The first-order valence-electron chi connectivity index (χ1n) is 7.78. The van der Waals surface area contributed by atoms with Crippen LogP contribution in [0.5, 0.6) is 0 Å². The average Bonchev–Trinajstić information content (AvgIpc) is 2.95. The minimum Gasteiger partial charge on any atom is -0.480 e. The van der Waals surface area contributed by atoms with Crippen LogP contribution in [0.2, 0.25) is 0 Å². The molecule has 1 saturated heterocycles. The van der Waals surface area contributed by atoms with Crippen LogP contribution < -0.4 is 0 Å². The van der Waals surface area contributed by atoms with Gasteiger partial charge in [0.15, 0.2) is 0 Å². The number of rotatable bonds is 2. The van der Waals surface area contributed by atoms with Crippen LogP contribution >= 0.6 is 11.8 Å². The quantitative estimate of drug-likeness (QED) is 0.851. The molecule has 112 valence electrons. The third-order valence-electron chi connectivity index (χ3n) is 5.34. The molecule has 1 aliphatic heterocycles. The molecule has 3 rings (SSSR count). The summed E-state index contributed by atoms with van der Waals surface area (Å²) in [5, 5.41) is 9.21. The molecule has 2 saturated carbocycles. The SMILES string of the molecule is O=C(O)[C@@H]1CSCN1C(=O)C1CCC2CCCCC2C1. The monoisotopic (exact) mass is 297 g/mol. The van der Waals surface area contributed by atoms with Crippen LogP contribution in [0.15, 0.2) is 0 Å². The van der Waals surface area contributed by atoms with Crippen molar-refractivity contribution in [3.8, 4) is 0 Å². The Morgan fingerprint density at radius 1 is 1.05 bits per heavy atom. The zero-order chi connectivity index (χ0) is 14.1. The number of carbonyl (C=O) groups is 2. The molecule has 0 aromatic heterocycles. The fraction of sp³-hybridized carbons (Fsp3) is 0.867. The average molecular weight is 297 g/mol. The van der Waals surface area contributed by atoms with Crippen molar-refractivity contribution >= 4 is 23.6 Å². The zero-order valence-electron chi connectivity index (χ0n) is 11.8. The summed E-state index contributed by atoms with van der Waals surface area (Å²) in [6.07, 6.45) is 8.39. The number of carbonyl (C=O) groups excluding carboxylic acids is 1. The van der Waals surface area contributed by atoms with E-state index in [-0.39, 0.29) is 11.8 Å². The second-order valence-electron chi connectivity index (χ2n) is 6.48. The molecule has 5 heteroatoms. The van der Waals surface area contributed by atoms with E-state index in [1.807, 2.05) is 0 Å². The Hall–Kier alpha value is -0.710. The van der Waals surface area contributed by atoms with Crippen LogP contribution in [0.1, 0.15) is 44.9 Å². The fourth-order valence-corrected chi connectivity index (χ4v) is 5.35. The largest absolute Gasteiger partial charge is 0.480 e. The lowest BCUT2D eigenvalue weighted by Gasteiger charge is -2.40. The summed E-state index contributed by atoms with van der Waals surface area (Å²) in [6.45, 7) is 0. The van der Waals surface area contributed by atoms with Crippen molar-refractivity contribution in [2.24, 2.45) is 17.8 Å². The summed E-state index contributed by atoms with van der Waals surface area (Å²) < 4.78 is 0. The maximum absolute atomic E-state index is 12.6.